The fourth-order valence-electron chi connectivity index (χ4n) is 4.60. The van der Waals surface area contributed by atoms with Crippen LogP contribution < -0.4 is 10.2 Å². The second-order valence-electron chi connectivity index (χ2n) is 9.96. The van der Waals surface area contributed by atoms with Crippen LogP contribution in [0.2, 0.25) is 0 Å². The summed E-state index contributed by atoms with van der Waals surface area (Å²) in [7, 11) is 0. The summed E-state index contributed by atoms with van der Waals surface area (Å²) >= 11 is 5.71. The largest absolute Gasteiger partial charge is 0.351 e. The highest BCUT2D eigenvalue weighted by atomic mass is 32.1. The predicted molar refractivity (Wildman–Crippen MR) is 163 cm³/mol. The molecule has 0 bridgehead atoms. The fourth-order valence-corrected chi connectivity index (χ4v) is 4.91. The van der Waals surface area contributed by atoms with Crippen LogP contribution in [-0.4, -0.2) is 23.2 Å². The van der Waals surface area contributed by atoms with Crippen LogP contribution in [0.1, 0.15) is 109 Å². The Labute approximate surface area is 231 Å². The maximum Gasteiger partial charge on any atom is 0.237 e. The third-order valence-corrected chi connectivity index (χ3v) is 7.10. The van der Waals surface area contributed by atoms with Crippen LogP contribution in [0.5, 0.6) is 0 Å². The predicted octanol–water partition coefficient (Wildman–Crippen LogP) is 8.82. The minimum Gasteiger partial charge on any atom is -0.351 e. The van der Waals surface area contributed by atoms with Crippen LogP contribution >= 0.6 is 12.2 Å². The van der Waals surface area contributed by atoms with E-state index in [0.717, 1.165) is 24.2 Å². The number of nitrogens with zero attached hydrogens (tertiary/aromatic N) is 1. The number of nitrogens with one attached hydrogen (secondary N) is 1. The summed E-state index contributed by atoms with van der Waals surface area (Å²) in [6, 6.07) is 17.3. The number of anilines is 2. The molecule has 206 valence electrons. The van der Waals surface area contributed by atoms with Gasteiger partial charge in [-0.25, -0.2) is 0 Å². The van der Waals surface area contributed by atoms with E-state index in [0.29, 0.717) is 11.7 Å². The smallest absolute Gasteiger partial charge is 0.237 e. The normalized spacial score (nSPS) is 11.9. The molecule has 4 nitrogen and oxygen atoms in total. The Balaban J connectivity index is 2.04. The Hall–Kier alpha value is -1.95. The van der Waals surface area contributed by atoms with Gasteiger partial charge in [0.15, 0.2) is 5.11 Å². The van der Waals surface area contributed by atoms with Crippen molar-refractivity contribution < 1.29 is 9.84 Å². The molecule has 2 aromatic rings. The van der Waals surface area contributed by atoms with Gasteiger partial charge >= 0.3 is 0 Å². The number of aryl methyl sites for hydroxylation is 2. The Morgan fingerprint density at radius 2 is 1.11 bits per heavy atom. The molecular weight excluding hydrogens is 476 g/mol. The SMILES string of the molecule is CCCCCCCCc1ccc(N(C(=S)NC(O)OCC)c2ccc(CCCCCCCC)cc2)cc1. The van der Waals surface area contributed by atoms with E-state index in [9.17, 15) is 5.11 Å². The van der Waals surface area contributed by atoms with E-state index in [2.05, 4.69) is 67.7 Å². The van der Waals surface area contributed by atoms with Gasteiger partial charge in [-0.1, -0.05) is 102 Å². The highest BCUT2D eigenvalue weighted by molar-refractivity contribution is 7.80. The molecule has 0 aliphatic heterocycles. The Bertz CT molecular complexity index is 795. The third-order valence-electron chi connectivity index (χ3n) is 6.80. The van der Waals surface area contributed by atoms with E-state index in [-0.39, 0.29) is 0 Å². The molecule has 37 heavy (non-hydrogen) atoms. The molecule has 0 aliphatic rings. The lowest BCUT2D eigenvalue weighted by molar-refractivity contribution is -0.103. The number of hydrogen-bond acceptors (Lipinski definition) is 3. The first-order valence-corrected chi connectivity index (χ1v) is 15.1. The summed E-state index contributed by atoms with van der Waals surface area (Å²) in [5, 5.41) is 13.5. The second kappa shape index (κ2) is 19.2. The summed E-state index contributed by atoms with van der Waals surface area (Å²) in [5.41, 5.74) is 4.64. The molecule has 0 heterocycles. The molecule has 0 fully saturated rings. The standard InChI is InChI=1S/C32H50N2O2S/c1-4-7-9-11-13-15-17-27-19-23-29(24-20-27)34(31(37)33-32(35)36-6-3)30-25-21-28(22-26-30)18-16-14-12-10-8-5-2/h19-26,32,35H,4-18H2,1-3H3,(H,33,37). The van der Waals surface area contributed by atoms with Crippen molar-refractivity contribution >= 4 is 28.7 Å². The molecule has 2 N–H and O–H groups in total. The molecule has 0 aromatic heterocycles. The summed E-state index contributed by atoms with van der Waals surface area (Å²) < 4.78 is 5.26. The van der Waals surface area contributed by atoms with Crippen molar-refractivity contribution in [2.75, 3.05) is 11.5 Å². The van der Waals surface area contributed by atoms with Crippen molar-refractivity contribution in [2.45, 2.75) is 117 Å². The molecule has 2 rings (SSSR count). The fraction of sp³-hybridized carbons (Fsp3) is 0.594. The molecule has 0 aliphatic carbocycles. The number of aliphatic hydroxyl groups is 1. The lowest BCUT2D eigenvalue weighted by Crippen LogP contribution is -2.43. The number of aliphatic hydroxyl groups excluding tert-OH is 1. The van der Waals surface area contributed by atoms with Crippen molar-refractivity contribution in [1.82, 2.24) is 5.32 Å². The third kappa shape index (κ3) is 12.4. The first-order valence-electron chi connectivity index (χ1n) is 14.7. The van der Waals surface area contributed by atoms with Crippen molar-refractivity contribution in [2.24, 2.45) is 0 Å². The highest BCUT2D eigenvalue weighted by Gasteiger charge is 2.17. The lowest BCUT2D eigenvalue weighted by atomic mass is 10.0. The molecule has 0 radical (unpaired) electrons. The lowest BCUT2D eigenvalue weighted by Gasteiger charge is -2.28. The molecular formula is C32H50N2O2S. The summed E-state index contributed by atoms with van der Waals surface area (Å²) in [5.74, 6) is 0. The quantitative estimate of drug-likeness (QED) is 0.109. The van der Waals surface area contributed by atoms with Gasteiger partial charge in [-0.15, -0.1) is 0 Å². The van der Waals surface area contributed by atoms with Crippen LogP contribution in [0.3, 0.4) is 0 Å². The zero-order valence-corrected chi connectivity index (χ0v) is 24.3. The first-order chi connectivity index (χ1) is 18.1. The van der Waals surface area contributed by atoms with E-state index in [1.165, 1.54) is 88.2 Å². The van der Waals surface area contributed by atoms with E-state index in [1.807, 2.05) is 11.8 Å². The topological polar surface area (TPSA) is 44.7 Å². The first kappa shape index (κ1) is 31.3. The van der Waals surface area contributed by atoms with Crippen LogP contribution in [0, 0.1) is 0 Å². The number of thiocarbonyl (C=S) groups is 1. The zero-order valence-electron chi connectivity index (χ0n) is 23.5. The molecule has 1 unspecified atom stereocenters. The molecule has 0 spiro atoms. The maximum atomic E-state index is 10.2. The van der Waals surface area contributed by atoms with Crippen molar-refractivity contribution in [3.63, 3.8) is 0 Å². The van der Waals surface area contributed by atoms with Crippen LogP contribution in [-0.2, 0) is 17.6 Å². The molecule has 1 atom stereocenters. The second-order valence-corrected chi connectivity index (χ2v) is 10.3. The minimum atomic E-state index is -1.14. The van der Waals surface area contributed by atoms with Gasteiger partial charge in [-0.05, 0) is 80.2 Å². The van der Waals surface area contributed by atoms with E-state index in [1.54, 1.807) is 0 Å². The number of hydrogen-bond donors (Lipinski definition) is 2. The molecule has 0 amide bonds. The maximum absolute atomic E-state index is 10.2. The number of unbranched alkanes of at least 4 members (excludes halogenated alkanes) is 10. The summed E-state index contributed by atoms with van der Waals surface area (Å²) in [4.78, 5) is 1.97. The molecule has 0 saturated heterocycles. The van der Waals surface area contributed by atoms with Gasteiger partial charge in [-0.2, -0.15) is 0 Å². The molecule has 5 heteroatoms. The van der Waals surface area contributed by atoms with Crippen molar-refractivity contribution in [1.29, 1.82) is 0 Å². The number of rotatable bonds is 19. The zero-order chi connectivity index (χ0) is 26.7. The van der Waals surface area contributed by atoms with E-state index >= 15 is 0 Å². The van der Waals surface area contributed by atoms with Crippen LogP contribution in [0.15, 0.2) is 48.5 Å². The Kier molecular flexibility index (Phi) is 16.2. The number of benzene rings is 2. The number of ether oxygens (including phenoxy) is 1. The van der Waals surface area contributed by atoms with Gasteiger partial charge in [0, 0.05) is 18.0 Å². The Morgan fingerprint density at radius 1 is 0.703 bits per heavy atom. The van der Waals surface area contributed by atoms with Gasteiger partial charge in [0.1, 0.15) is 0 Å². The van der Waals surface area contributed by atoms with Crippen molar-refractivity contribution in [3.8, 4) is 0 Å². The van der Waals surface area contributed by atoms with Crippen LogP contribution in [0.25, 0.3) is 0 Å². The molecule has 2 aromatic carbocycles. The summed E-state index contributed by atoms with van der Waals surface area (Å²) in [6.07, 6.45) is 16.7. The van der Waals surface area contributed by atoms with Crippen molar-refractivity contribution in [3.05, 3.63) is 59.7 Å². The highest BCUT2D eigenvalue weighted by Crippen LogP contribution is 2.27. The van der Waals surface area contributed by atoms with Gasteiger partial charge < -0.3 is 15.2 Å². The monoisotopic (exact) mass is 526 g/mol. The molecule has 0 saturated carbocycles. The van der Waals surface area contributed by atoms with Gasteiger partial charge in [0.05, 0.1) is 0 Å². The van der Waals surface area contributed by atoms with Crippen LogP contribution in [0.4, 0.5) is 11.4 Å². The van der Waals surface area contributed by atoms with E-state index < -0.39 is 6.41 Å². The minimum absolute atomic E-state index is 0.400. The van der Waals surface area contributed by atoms with Gasteiger partial charge in [0.2, 0.25) is 6.41 Å². The average molecular weight is 527 g/mol. The Morgan fingerprint density at radius 3 is 1.51 bits per heavy atom. The summed E-state index contributed by atoms with van der Waals surface area (Å²) in [6.45, 7) is 6.76. The average Bonchev–Trinajstić information content (AvgIpc) is 2.90. The van der Waals surface area contributed by atoms with Gasteiger partial charge in [0.25, 0.3) is 0 Å². The van der Waals surface area contributed by atoms with E-state index in [4.69, 9.17) is 17.0 Å². The van der Waals surface area contributed by atoms with Gasteiger partial charge in [-0.3, -0.25) is 4.90 Å².